The van der Waals surface area contributed by atoms with Gasteiger partial charge < -0.3 is 25.0 Å². The summed E-state index contributed by atoms with van der Waals surface area (Å²) in [5.41, 5.74) is 8.23. The third-order valence-electron chi connectivity index (χ3n) is 6.48. The molecule has 11 heteroatoms. The number of hydrazone groups is 1. The largest absolute Gasteiger partial charge is 0.444 e. The van der Waals surface area contributed by atoms with Gasteiger partial charge in [-0.3, -0.25) is 5.43 Å². The zero-order valence-corrected chi connectivity index (χ0v) is 24.6. The molecule has 0 radical (unpaired) electrons. The normalized spacial score (nSPS) is 13.9. The lowest BCUT2D eigenvalue weighted by atomic mass is 10.1. The molecule has 0 atom stereocenters. The number of anilines is 3. The number of nitrogens with zero attached hydrogens (tertiary/aromatic N) is 5. The van der Waals surface area contributed by atoms with Crippen molar-refractivity contribution >= 4 is 35.3 Å². The van der Waals surface area contributed by atoms with E-state index in [1.165, 1.54) is 5.56 Å². The van der Waals surface area contributed by atoms with Crippen molar-refractivity contribution in [1.82, 2.24) is 19.9 Å². The molecule has 0 aliphatic carbocycles. The number of alkyl carbamates (subject to hydrolysis) is 1. The van der Waals surface area contributed by atoms with Gasteiger partial charge in [0.1, 0.15) is 11.4 Å². The minimum absolute atomic E-state index is 0.423. The lowest BCUT2D eigenvalue weighted by molar-refractivity contribution is 0.0530. The Labute approximate surface area is 245 Å². The van der Waals surface area contributed by atoms with Gasteiger partial charge in [0.05, 0.1) is 25.1 Å². The van der Waals surface area contributed by atoms with Crippen LogP contribution in [0.5, 0.6) is 0 Å². The van der Waals surface area contributed by atoms with Gasteiger partial charge in [0.15, 0.2) is 11.5 Å². The van der Waals surface area contributed by atoms with Crippen molar-refractivity contribution in [3.05, 3.63) is 71.8 Å². The Morgan fingerprint density at radius 3 is 2.60 bits per heavy atom. The fourth-order valence-corrected chi connectivity index (χ4v) is 4.54. The fraction of sp³-hybridized carbons (Fsp3) is 0.355. The Morgan fingerprint density at radius 2 is 1.86 bits per heavy atom. The number of aryl methyl sites for hydroxylation is 1. The number of fused-ring (bicyclic) bond motifs is 1. The fourth-order valence-electron chi connectivity index (χ4n) is 4.54. The lowest BCUT2D eigenvalue weighted by Crippen LogP contribution is -2.37. The molecule has 3 N–H and O–H groups in total. The number of amides is 1. The number of carbonyl (C=O) groups is 1. The molecule has 0 bridgehead atoms. The highest BCUT2D eigenvalue weighted by atomic mass is 16.6. The molecule has 1 fully saturated rings. The number of benzene rings is 2. The molecule has 42 heavy (non-hydrogen) atoms. The van der Waals surface area contributed by atoms with Crippen LogP contribution < -0.4 is 21.0 Å². The molecule has 2 aromatic heterocycles. The first kappa shape index (κ1) is 28.9. The summed E-state index contributed by atoms with van der Waals surface area (Å²) >= 11 is 0. The second kappa shape index (κ2) is 12.9. The van der Waals surface area contributed by atoms with Gasteiger partial charge in [-0.15, -0.1) is 0 Å². The minimum Gasteiger partial charge on any atom is -0.444 e. The molecular formula is C31H38N8O3. The highest BCUT2D eigenvalue weighted by Crippen LogP contribution is 2.26. The van der Waals surface area contributed by atoms with Crippen LogP contribution in [0.3, 0.4) is 0 Å². The van der Waals surface area contributed by atoms with Gasteiger partial charge in [-0.2, -0.15) is 14.7 Å². The van der Waals surface area contributed by atoms with Crippen molar-refractivity contribution in [2.24, 2.45) is 5.10 Å². The molecule has 1 aliphatic rings. The molecule has 2 aromatic carbocycles. The maximum Gasteiger partial charge on any atom is 0.407 e. The van der Waals surface area contributed by atoms with E-state index in [4.69, 9.17) is 19.6 Å². The van der Waals surface area contributed by atoms with E-state index < -0.39 is 11.7 Å². The van der Waals surface area contributed by atoms with E-state index in [1.807, 2.05) is 73.8 Å². The zero-order chi connectivity index (χ0) is 29.5. The lowest BCUT2D eigenvalue weighted by Gasteiger charge is -2.29. The summed E-state index contributed by atoms with van der Waals surface area (Å²) in [6, 6.07) is 20.1. The van der Waals surface area contributed by atoms with E-state index in [-0.39, 0.29) is 0 Å². The van der Waals surface area contributed by atoms with E-state index in [2.05, 4.69) is 45.1 Å². The van der Waals surface area contributed by atoms with Gasteiger partial charge >= 0.3 is 6.09 Å². The predicted molar refractivity (Wildman–Crippen MR) is 167 cm³/mol. The van der Waals surface area contributed by atoms with Crippen LogP contribution in [-0.2, 0) is 9.47 Å². The maximum atomic E-state index is 11.8. The van der Waals surface area contributed by atoms with Gasteiger partial charge in [-0.1, -0.05) is 42.0 Å². The number of hydrogen-bond acceptors (Lipinski definition) is 9. The van der Waals surface area contributed by atoms with Crippen molar-refractivity contribution < 1.29 is 14.3 Å². The standard InChI is InChI=1S/C31H38N8O3/c1-22-6-5-7-23(18-22)21-34-36-27-20-29(38-14-16-41-17-15-38)39-28(35-27)19-26(37-39)24-8-10-25(11-9-24)32-12-13-33-30(40)42-31(2,3)4/h5-11,18-21,32H,12-17H2,1-4H3,(H,33,40)(H,35,36)/b34-21+. The van der Waals surface area contributed by atoms with E-state index in [0.717, 1.165) is 47.1 Å². The predicted octanol–water partition coefficient (Wildman–Crippen LogP) is 4.92. The topological polar surface area (TPSA) is 117 Å². The summed E-state index contributed by atoms with van der Waals surface area (Å²) in [5, 5.41) is 15.4. The Kier molecular flexibility index (Phi) is 8.87. The first-order valence-corrected chi connectivity index (χ1v) is 14.1. The third-order valence-corrected chi connectivity index (χ3v) is 6.48. The molecule has 0 spiro atoms. The molecular weight excluding hydrogens is 532 g/mol. The number of hydrogen-bond donors (Lipinski definition) is 3. The minimum atomic E-state index is -0.516. The first-order chi connectivity index (χ1) is 20.2. The summed E-state index contributed by atoms with van der Waals surface area (Å²) < 4.78 is 12.7. The molecule has 0 unspecified atom stereocenters. The van der Waals surface area contributed by atoms with E-state index in [9.17, 15) is 4.79 Å². The van der Waals surface area contributed by atoms with E-state index in [1.54, 1.807) is 6.21 Å². The average molecular weight is 571 g/mol. The Morgan fingerprint density at radius 1 is 1.07 bits per heavy atom. The zero-order valence-electron chi connectivity index (χ0n) is 24.6. The smallest absolute Gasteiger partial charge is 0.407 e. The summed E-state index contributed by atoms with van der Waals surface area (Å²) in [6.45, 7) is 11.5. The number of aromatic nitrogens is 3. The van der Waals surface area contributed by atoms with Gasteiger partial charge in [-0.05, 0) is 45.4 Å². The van der Waals surface area contributed by atoms with Crippen molar-refractivity contribution in [2.75, 3.05) is 55.0 Å². The van der Waals surface area contributed by atoms with Crippen LogP contribution in [0, 0.1) is 6.92 Å². The summed E-state index contributed by atoms with van der Waals surface area (Å²) in [6.07, 6.45) is 1.37. The molecule has 4 aromatic rings. The SMILES string of the molecule is Cc1cccc(/C=N/Nc2cc(N3CCOCC3)n3nc(-c4ccc(NCCNC(=O)OC(C)(C)C)cc4)cc3n2)c1. The maximum absolute atomic E-state index is 11.8. The number of carbonyl (C=O) groups excluding carboxylic acids is 1. The van der Waals surface area contributed by atoms with Crippen LogP contribution in [0.25, 0.3) is 16.9 Å². The van der Waals surface area contributed by atoms with Gasteiger partial charge in [0.25, 0.3) is 0 Å². The molecule has 1 amide bonds. The molecule has 1 saturated heterocycles. The van der Waals surface area contributed by atoms with Crippen LogP contribution in [0.2, 0.25) is 0 Å². The third kappa shape index (κ3) is 7.76. The average Bonchev–Trinajstić information content (AvgIpc) is 3.39. The highest BCUT2D eigenvalue weighted by Gasteiger charge is 2.19. The van der Waals surface area contributed by atoms with Crippen LogP contribution in [-0.4, -0.2) is 71.9 Å². The van der Waals surface area contributed by atoms with Gasteiger partial charge in [0, 0.05) is 49.6 Å². The number of morpholine rings is 1. The molecule has 1 aliphatic heterocycles. The quantitative estimate of drug-likeness (QED) is 0.147. The first-order valence-electron chi connectivity index (χ1n) is 14.1. The van der Waals surface area contributed by atoms with Crippen LogP contribution in [0.1, 0.15) is 31.9 Å². The number of nitrogens with one attached hydrogen (secondary N) is 3. The second-order valence-electron chi connectivity index (χ2n) is 11.1. The summed E-state index contributed by atoms with van der Waals surface area (Å²) in [5.74, 6) is 1.57. The van der Waals surface area contributed by atoms with Crippen LogP contribution >= 0.6 is 0 Å². The summed E-state index contributed by atoms with van der Waals surface area (Å²) in [7, 11) is 0. The van der Waals surface area contributed by atoms with Gasteiger partial charge in [0.2, 0.25) is 0 Å². The van der Waals surface area contributed by atoms with Crippen LogP contribution in [0.15, 0.2) is 65.8 Å². The van der Waals surface area contributed by atoms with Crippen molar-refractivity contribution in [1.29, 1.82) is 0 Å². The highest BCUT2D eigenvalue weighted by molar-refractivity contribution is 5.80. The number of rotatable bonds is 9. The van der Waals surface area contributed by atoms with E-state index in [0.29, 0.717) is 32.1 Å². The number of ether oxygens (including phenoxy) is 2. The molecule has 0 saturated carbocycles. The van der Waals surface area contributed by atoms with Crippen LogP contribution in [0.4, 0.5) is 22.1 Å². The van der Waals surface area contributed by atoms with E-state index >= 15 is 0 Å². The molecule has 11 nitrogen and oxygen atoms in total. The van der Waals surface area contributed by atoms with Gasteiger partial charge in [-0.25, -0.2) is 9.78 Å². The monoisotopic (exact) mass is 570 g/mol. The molecule has 3 heterocycles. The summed E-state index contributed by atoms with van der Waals surface area (Å²) in [4.78, 5) is 18.9. The second-order valence-corrected chi connectivity index (χ2v) is 11.1. The molecule has 5 rings (SSSR count). The van der Waals surface area contributed by atoms with Crippen molar-refractivity contribution in [3.8, 4) is 11.3 Å². The molecule has 220 valence electrons. The Balaban J connectivity index is 1.29. The Bertz CT molecular complexity index is 1540. The van der Waals surface area contributed by atoms with Crippen molar-refractivity contribution in [3.63, 3.8) is 0 Å². The Hall–Kier alpha value is -4.64. The van der Waals surface area contributed by atoms with Crippen molar-refractivity contribution in [2.45, 2.75) is 33.3 Å².